The van der Waals surface area contributed by atoms with Gasteiger partial charge in [-0.1, -0.05) is 6.07 Å². The average molecular weight is 437 g/mol. The van der Waals surface area contributed by atoms with E-state index in [1.54, 1.807) is 23.6 Å². The van der Waals surface area contributed by atoms with Gasteiger partial charge in [-0.15, -0.1) is 11.3 Å². The van der Waals surface area contributed by atoms with Crippen LogP contribution in [0.4, 0.5) is 18.9 Å². The van der Waals surface area contributed by atoms with E-state index in [2.05, 4.69) is 10.3 Å². The first-order chi connectivity index (χ1) is 14.4. The molecule has 1 fully saturated rings. The molecule has 3 heterocycles. The summed E-state index contributed by atoms with van der Waals surface area (Å²) < 4.78 is 51.4. The highest BCUT2D eigenvalue weighted by molar-refractivity contribution is 7.13. The Labute approximate surface area is 174 Å². The molecule has 30 heavy (non-hydrogen) atoms. The molecule has 158 valence electrons. The molecule has 1 N–H and O–H groups in total. The number of thiazole rings is 1. The van der Waals surface area contributed by atoms with E-state index in [1.165, 1.54) is 23.7 Å². The van der Waals surface area contributed by atoms with Gasteiger partial charge in [0.15, 0.2) is 10.8 Å². The Balaban J connectivity index is 1.49. The third kappa shape index (κ3) is 4.49. The first-order valence-corrected chi connectivity index (χ1v) is 10.1. The fourth-order valence-electron chi connectivity index (χ4n) is 3.16. The molecular weight excluding hydrogens is 419 g/mol. The zero-order valence-corrected chi connectivity index (χ0v) is 16.6. The monoisotopic (exact) mass is 437 g/mol. The number of nitrogens with one attached hydrogen (secondary N) is 1. The van der Waals surface area contributed by atoms with Crippen molar-refractivity contribution in [2.24, 2.45) is 0 Å². The van der Waals surface area contributed by atoms with Crippen LogP contribution in [0.15, 0.2) is 46.4 Å². The number of anilines is 1. The number of nitrogens with zero attached hydrogens (tertiary/aromatic N) is 2. The molecule has 0 bridgehead atoms. The molecule has 1 saturated heterocycles. The number of benzene rings is 1. The van der Waals surface area contributed by atoms with Gasteiger partial charge < -0.3 is 19.4 Å². The molecule has 6 nitrogen and oxygen atoms in total. The summed E-state index contributed by atoms with van der Waals surface area (Å²) in [5.74, 6) is -0.0217. The third-order valence-electron chi connectivity index (χ3n) is 4.68. The molecule has 0 spiro atoms. The maximum Gasteiger partial charge on any atom is 0.416 e. The number of amides is 1. The Kier molecular flexibility index (Phi) is 5.78. The summed E-state index contributed by atoms with van der Waals surface area (Å²) in [5, 5.41) is 4.59. The summed E-state index contributed by atoms with van der Waals surface area (Å²) in [4.78, 5) is 18.4. The molecule has 1 aliphatic rings. The van der Waals surface area contributed by atoms with E-state index >= 15 is 0 Å². The second-order valence-corrected chi connectivity index (χ2v) is 7.49. The molecule has 0 aliphatic carbocycles. The molecule has 1 amide bonds. The van der Waals surface area contributed by atoms with Gasteiger partial charge in [0.2, 0.25) is 0 Å². The maximum atomic E-state index is 13.6. The quantitative estimate of drug-likeness (QED) is 0.649. The van der Waals surface area contributed by atoms with Gasteiger partial charge in [-0.3, -0.25) is 4.79 Å². The van der Waals surface area contributed by atoms with Gasteiger partial charge >= 0.3 is 6.18 Å². The molecule has 10 heteroatoms. The Morgan fingerprint density at radius 3 is 2.73 bits per heavy atom. The van der Waals surface area contributed by atoms with Crippen molar-refractivity contribution >= 4 is 22.9 Å². The van der Waals surface area contributed by atoms with E-state index < -0.39 is 17.6 Å². The minimum absolute atomic E-state index is 0.00523. The van der Waals surface area contributed by atoms with Crippen LogP contribution in [0, 0.1) is 0 Å². The molecule has 4 rings (SSSR count). The lowest BCUT2D eigenvalue weighted by atomic mass is 10.0. The van der Waals surface area contributed by atoms with Crippen LogP contribution in [0.3, 0.4) is 0 Å². The van der Waals surface area contributed by atoms with Crippen LogP contribution in [-0.2, 0) is 17.5 Å². The van der Waals surface area contributed by atoms with Gasteiger partial charge in [0, 0.05) is 30.7 Å². The van der Waals surface area contributed by atoms with Crippen LogP contribution >= 0.6 is 11.3 Å². The molecule has 1 aliphatic heterocycles. The molecule has 0 radical (unpaired) electrons. The largest absolute Gasteiger partial charge is 0.462 e. The average Bonchev–Trinajstić information content (AvgIpc) is 3.43. The lowest BCUT2D eigenvalue weighted by Gasteiger charge is -2.29. The number of hydrogen-bond acceptors (Lipinski definition) is 6. The number of morpholine rings is 1. The van der Waals surface area contributed by atoms with Crippen LogP contribution in [0.2, 0.25) is 0 Å². The van der Waals surface area contributed by atoms with E-state index in [1.807, 2.05) is 4.90 Å². The molecule has 2 aromatic heterocycles. The van der Waals surface area contributed by atoms with E-state index in [4.69, 9.17) is 9.15 Å². The molecule has 3 aromatic rings. The van der Waals surface area contributed by atoms with Gasteiger partial charge in [0.1, 0.15) is 5.69 Å². The van der Waals surface area contributed by atoms with Gasteiger partial charge in [-0.2, -0.15) is 13.2 Å². The number of furan rings is 1. The summed E-state index contributed by atoms with van der Waals surface area (Å²) in [6.45, 7) is 1.77. The SMILES string of the molecule is O=C(NCc1ccc(N2CCOCC2)cc1C(F)(F)F)c1csc(-c2ccco2)n1. The van der Waals surface area contributed by atoms with Crippen molar-refractivity contribution in [2.75, 3.05) is 31.2 Å². The second kappa shape index (κ2) is 8.49. The van der Waals surface area contributed by atoms with Gasteiger partial charge in [-0.25, -0.2) is 4.98 Å². The fourth-order valence-corrected chi connectivity index (χ4v) is 3.92. The number of carbonyl (C=O) groups excluding carboxylic acids is 1. The van der Waals surface area contributed by atoms with Crippen molar-refractivity contribution in [3.63, 3.8) is 0 Å². The first kappa shape index (κ1) is 20.4. The molecule has 0 atom stereocenters. The number of halogens is 3. The van der Waals surface area contributed by atoms with E-state index in [0.29, 0.717) is 42.8 Å². The van der Waals surface area contributed by atoms with E-state index in [9.17, 15) is 18.0 Å². The van der Waals surface area contributed by atoms with Crippen LogP contribution in [0.5, 0.6) is 0 Å². The van der Waals surface area contributed by atoms with Crippen molar-refractivity contribution in [2.45, 2.75) is 12.7 Å². The summed E-state index contributed by atoms with van der Waals surface area (Å²) in [5.41, 5.74) is -0.149. The minimum atomic E-state index is -4.53. The second-order valence-electron chi connectivity index (χ2n) is 6.64. The number of aromatic nitrogens is 1. The Hall–Kier alpha value is -2.85. The minimum Gasteiger partial charge on any atom is -0.462 e. The molecule has 0 unspecified atom stereocenters. The molecule has 0 saturated carbocycles. The number of ether oxygens (including phenoxy) is 1. The Morgan fingerprint density at radius 1 is 1.23 bits per heavy atom. The van der Waals surface area contributed by atoms with Gasteiger partial charge in [0.05, 0.1) is 25.0 Å². The number of carbonyl (C=O) groups is 1. The number of alkyl halides is 3. The van der Waals surface area contributed by atoms with Crippen LogP contribution in [0.1, 0.15) is 21.6 Å². The third-order valence-corrected chi connectivity index (χ3v) is 5.54. The highest BCUT2D eigenvalue weighted by Crippen LogP contribution is 2.35. The summed E-state index contributed by atoms with van der Waals surface area (Å²) in [7, 11) is 0. The maximum absolute atomic E-state index is 13.6. The Morgan fingerprint density at radius 2 is 2.03 bits per heavy atom. The topological polar surface area (TPSA) is 67.6 Å². The lowest BCUT2D eigenvalue weighted by Crippen LogP contribution is -2.36. The summed E-state index contributed by atoms with van der Waals surface area (Å²) in [6.07, 6.45) is -3.04. The molecular formula is C20H18F3N3O3S. The van der Waals surface area contributed by atoms with E-state index in [-0.39, 0.29) is 17.8 Å². The van der Waals surface area contributed by atoms with Crippen LogP contribution in [0.25, 0.3) is 10.8 Å². The zero-order chi connectivity index (χ0) is 21.1. The highest BCUT2D eigenvalue weighted by atomic mass is 32.1. The van der Waals surface area contributed by atoms with E-state index in [0.717, 1.165) is 6.07 Å². The zero-order valence-electron chi connectivity index (χ0n) is 15.7. The summed E-state index contributed by atoms with van der Waals surface area (Å²) >= 11 is 1.22. The van der Waals surface area contributed by atoms with Crippen molar-refractivity contribution in [1.82, 2.24) is 10.3 Å². The van der Waals surface area contributed by atoms with Crippen molar-refractivity contribution in [3.8, 4) is 10.8 Å². The number of rotatable bonds is 5. The van der Waals surface area contributed by atoms with Gasteiger partial charge in [-0.05, 0) is 29.8 Å². The molecule has 1 aromatic carbocycles. The van der Waals surface area contributed by atoms with Crippen LogP contribution < -0.4 is 10.2 Å². The number of hydrogen-bond donors (Lipinski definition) is 1. The predicted octanol–water partition coefficient (Wildman–Crippen LogP) is 4.19. The van der Waals surface area contributed by atoms with Crippen molar-refractivity contribution in [3.05, 3.63) is 58.8 Å². The lowest BCUT2D eigenvalue weighted by molar-refractivity contribution is -0.138. The van der Waals surface area contributed by atoms with Crippen LogP contribution in [-0.4, -0.2) is 37.2 Å². The standard InChI is InChI=1S/C20H18F3N3O3S/c21-20(22,23)15-10-14(26-5-8-28-9-6-26)4-3-13(15)11-24-18(27)16-12-30-19(25-16)17-2-1-7-29-17/h1-4,7,10,12H,5-6,8-9,11H2,(H,24,27). The fraction of sp³-hybridized carbons (Fsp3) is 0.300. The van der Waals surface area contributed by atoms with Crippen molar-refractivity contribution < 1.29 is 27.1 Å². The highest BCUT2D eigenvalue weighted by Gasteiger charge is 2.34. The van der Waals surface area contributed by atoms with Crippen molar-refractivity contribution in [1.29, 1.82) is 0 Å². The smallest absolute Gasteiger partial charge is 0.416 e. The van der Waals surface area contributed by atoms with Gasteiger partial charge in [0.25, 0.3) is 5.91 Å². The summed E-state index contributed by atoms with van der Waals surface area (Å²) in [6, 6.07) is 7.59. The Bertz CT molecular complexity index is 1010. The first-order valence-electron chi connectivity index (χ1n) is 9.22. The predicted molar refractivity (Wildman–Crippen MR) is 105 cm³/mol. The normalized spacial score (nSPS) is 14.7.